The summed E-state index contributed by atoms with van der Waals surface area (Å²) in [6.45, 7) is 6.26. The van der Waals surface area contributed by atoms with Gasteiger partial charge in [0.25, 0.3) is 5.91 Å². The average molecular weight is 379 g/mol. The second-order valence-electron chi connectivity index (χ2n) is 7.51. The van der Waals surface area contributed by atoms with E-state index >= 15 is 0 Å². The van der Waals surface area contributed by atoms with E-state index < -0.39 is 11.6 Å². The predicted octanol–water partition coefficient (Wildman–Crippen LogP) is -0.480. The van der Waals surface area contributed by atoms with Crippen molar-refractivity contribution in [2.75, 3.05) is 39.3 Å². The number of rotatable bonds is 5. The summed E-state index contributed by atoms with van der Waals surface area (Å²) in [5.74, 6) is -0.504. The summed E-state index contributed by atoms with van der Waals surface area (Å²) in [7, 11) is 0. The molecule has 3 rings (SSSR count). The van der Waals surface area contributed by atoms with E-state index in [4.69, 9.17) is 0 Å². The van der Waals surface area contributed by atoms with E-state index in [9.17, 15) is 19.2 Å². The maximum Gasteiger partial charge on any atom is 0.325 e. The molecule has 0 aromatic rings. The van der Waals surface area contributed by atoms with Gasteiger partial charge in [0.05, 0.1) is 6.54 Å². The molecule has 27 heavy (non-hydrogen) atoms. The monoisotopic (exact) mass is 379 g/mol. The maximum atomic E-state index is 12.8. The third kappa shape index (κ3) is 3.65. The van der Waals surface area contributed by atoms with Gasteiger partial charge in [-0.3, -0.25) is 19.3 Å². The van der Waals surface area contributed by atoms with Crippen LogP contribution in [0.1, 0.15) is 39.5 Å². The standard InChI is InChI=1S/C18H29N5O4/c1-3-18(4-2)16(26)23(17(27)20-18)12-15(25)21-8-5-6-13(11-21)22-9-7-19-10-14(22)24/h13,19H,3-12H2,1-2H3,(H,20,27). The number of imide groups is 1. The Kier molecular flexibility index (Phi) is 5.69. The molecule has 3 fully saturated rings. The first-order valence-electron chi connectivity index (χ1n) is 9.84. The van der Waals surface area contributed by atoms with E-state index in [2.05, 4.69) is 10.6 Å². The summed E-state index contributed by atoms with van der Waals surface area (Å²) >= 11 is 0. The van der Waals surface area contributed by atoms with E-state index in [0.29, 0.717) is 39.0 Å². The van der Waals surface area contributed by atoms with Crippen LogP contribution >= 0.6 is 0 Å². The van der Waals surface area contributed by atoms with Gasteiger partial charge in [0.15, 0.2) is 0 Å². The molecule has 0 aromatic carbocycles. The second kappa shape index (κ2) is 7.84. The van der Waals surface area contributed by atoms with Gasteiger partial charge in [0.2, 0.25) is 11.8 Å². The lowest BCUT2D eigenvalue weighted by Gasteiger charge is -2.41. The number of urea groups is 1. The summed E-state index contributed by atoms with van der Waals surface area (Å²) in [5.41, 5.74) is -0.894. The normalized spacial score (nSPS) is 25.8. The Morgan fingerprint density at radius 3 is 2.56 bits per heavy atom. The van der Waals surface area contributed by atoms with Crippen molar-refractivity contribution < 1.29 is 19.2 Å². The topological polar surface area (TPSA) is 102 Å². The van der Waals surface area contributed by atoms with Gasteiger partial charge in [-0.1, -0.05) is 13.8 Å². The molecule has 2 N–H and O–H groups in total. The molecule has 0 radical (unpaired) electrons. The highest BCUT2D eigenvalue weighted by molar-refractivity contribution is 6.09. The zero-order valence-corrected chi connectivity index (χ0v) is 16.1. The maximum absolute atomic E-state index is 12.8. The Morgan fingerprint density at radius 1 is 1.19 bits per heavy atom. The van der Waals surface area contributed by atoms with Gasteiger partial charge in [0, 0.05) is 32.2 Å². The lowest BCUT2D eigenvalue weighted by atomic mass is 9.93. The zero-order valence-electron chi connectivity index (χ0n) is 16.1. The van der Waals surface area contributed by atoms with Crippen molar-refractivity contribution >= 4 is 23.8 Å². The molecule has 0 spiro atoms. The second-order valence-corrected chi connectivity index (χ2v) is 7.51. The first-order valence-corrected chi connectivity index (χ1v) is 9.84. The number of likely N-dealkylation sites (tertiary alicyclic amines) is 1. The number of amides is 5. The summed E-state index contributed by atoms with van der Waals surface area (Å²) in [5, 5.41) is 5.80. The summed E-state index contributed by atoms with van der Waals surface area (Å²) < 4.78 is 0. The molecule has 0 bridgehead atoms. The molecule has 0 aromatic heterocycles. The van der Waals surface area contributed by atoms with Gasteiger partial charge in [0.1, 0.15) is 12.1 Å². The van der Waals surface area contributed by atoms with Crippen LogP contribution in [0, 0.1) is 0 Å². The highest BCUT2D eigenvalue weighted by Gasteiger charge is 2.49. The number of hydrogen-bond acceptors (Lipinski definition) is 5. The van der Waals surface area contributed by atoms with Crippen molar-refractivity contribution in [1.29, 1.82) is 0 Å². The number of piperazine rings is 1. The van der Waals surface area contributed by atoms with Crippen LogP contribution in [-0.2, 0) is 14.4 Å². The summed E-state index contributed by atoms with van der Waals surface area (Å²) in [4.78, 5) is 54.4. The molecule has 3 heterocycles. The van der Waals surface area contributed by atoms with Crippen LogP contribution in [0.25, 0.3) is 0 Å². The molecule has 3 aliphatic heterocycles. The molecule has 3 aliphatic rings. The van der Waals surface area contributed by atoms with Crippen LogP contribution in [0.5, 0.6) is 0 Å². The third-order valence-electron chi connectivity index (χ3n) is 6.06. The zero-order chi connectivity index (χ0) is 19.6. The Balaban J connectivity index is 1.63. The fraction of sp³-hybridized carbons (Fsp3) is 0.778. The van der Waals surface area contributed by atoms with Gasteiger partial charge in [-0.2, -0.15) is 0 Å². The highest BCUT2D eigenvalue weighted by Crippen LogP contribution is 2.25. The van der Waals surface area contributed by atoms with Crippen LogP contribution in [0.2, 0.25) is 0 Å². The van der Waals surface area contributed by atoms with Gasteiger partial charge in [-0.05, 0) is 25.7 Å². The van der Waals surface area contributed by atoms with Gasteiger partial charge in [-0.25, -0.2) is 4.79 Å². The summed E-state index contributed by atoms with van der Waals surface area (Å²) in [6, 6.07) is -0.492. The van der Waals surface area contributed by atoms with E-state index in [1.54, 1.807) is 4.90 Å². The Morgan fingerprint density at radius 2 is 1.93 bits per heavy atom. The van der Waals surface area contributed by atoms with Crippen LogP contribution in [0.15, 0.2) is 0 Å². The molecule has 3 saturated heterocycles. The molecule has 1 unspecified atom stereocenters. The Labute approximate surface area is 159 Å². The number of piperidine rings is 1. The van der Waals surface area contributed by atoms with Crippen molar-refractivity contribution in [3.8, 4) is 0 Å². The SMILES string of the molecule is CCC1(CC)NC(=O)N(CC(=O)N2CCCC(N3CCNCC3=O)C2)C1=O. The minimum Gasteiger partial charge on any atom is -0.339 e. The van der Waals surface area contributed by atoms with Gasteiger partial charge in [-0.15, -0.1) is 0 Å². The lowest BCUT2D eigenvalue weighted by Crippen LogP contribution is -2.58. The molecule has 0 aliphatic carbocycles. The fourth-order valence-electron chi connectivity index (χ4n) is 4.23. The van der Waals surface area contributed by atoms with Crippen LogP contribution < -0.4 is 10.6 Å². The first-order chi connectivity index (χ1) is 12.9. The largest absolute Gasteiger partial charge is 0.339 e. The number of carbonyl (C=O) groups is 4. The molecule has 9 nitrogen and oxygen atoms in total. The van der Waals surface area contributed by atoms with E-state index in [1.807, 2.05) is 18.7 Å². The smallest absolute Gasteiger partial charge is 0.325 e. The molecule has 5 amide bonds. The number of hydrogen-bond donors (Lipinski definition) is 2. The van der Waals surface area contributed by atoms with Crippen molar-refractivity contribution in [2.45, 2.75) is 51.1 Å². The van der Waals surface area contributed by atoms with E-state index in [0.717, 1.165) is 24.3 Å². The van der Waals surface area contributed by atoms with Crippen molar-refractivity contribution in [3.05, 3.63) is 0 Å². The van der Waals surface area contributed by atoms with E-state index in [-0.39, 0.29) is 30.3 Å². The van der Waals surface area contributed by atoms with Crippen molar-refractivity contribution in [2.24, 2.45) is 0 Å². The van der Waals surface area contributed by atoms with E-state index in [1.165, 1.54) is 0 Å². The fourth-order valence-corrected chi connectivity index (χ4v) is 4.23. The van der Waals surface area contributed by atoms with Crippen molar-refractivity contribution in [1.82, 2.24) is 25.3 Å². The van der Waals surface area contributed by atoms with Gasteiger partial charge >= 0.3 is 6.03 Å². The number of carbonyl (C=O) groups excluding carboxylic acids is 4. The van der Waals surface area contributed by atoms with Crippen molar-refractivity contribution in [3.63, 3.8) is 0 Å². The first kappa shape index (κ1) is 19.6. The Bertz CT molecular complexity index is 633. The van der Waals surface area contributed by atoms with Crippen LogP contribution in [0.3, 0.4) is 0 Å². The lowest BCUT2D eigenvalue weighted by molar-refractivity contribution is -0.142. The third-order valence-corrected chi connectivity index (χ3v) is 6.06. The minimum absolute atomic E-state index is 0.00535. The number of nitrogens with one attached hydrogen (secondary N) is 2. The quantitative estimate of drug-likeness (QED) is 0.628. The molecular weight excluding hydrogens is 350 g/mol. The minimum atomic E-state index is -0.894. The summed E-state index contributed by atoms with van der Waals surface area (Å²) in [6.07, 6.45) is 2.67. The molecule has 150 valence electrons. The number of nitrogens with zero attached hydrogens (tertiary/aromatic N) is 3. The highest BCUT2D eigenvalue weighted by atomic mass is 16.2. The molecular formula is C18H29N5O4. The average Bonchev–Trinajstić information content (AvgIpc) is 2.93. The van der Waals surface area contributed by atoms with Gasteiger partial charge < -0.3 is 20.4 Å². The molecule has 9 heteroatoms. The molecule has 1 atom stereocenters. The van der Waals surface area contributed by atoms with Crippen LogP contribution in [0.4, 0.5) is 4.79 Å². The predicted molar refractivity (Wildman–Crippen MR) is 97.7 cm³/mol. The molecule has 0 saturated carbocycles. The van der Waals surface area contributed by atoms with Crippen LogP contribution in [-0.4, -0.2) is 89.3 Å². The Hall–Kier alpha value is -2.16.